The van der Waals surface area contributed by atoms with E-state index in [0.29, 0.717) is 11.3 Å². The maximum atomic E-state index is 11.4. The first-order valence-corrected chi connectivity index (χ1v) is 5.65. The first kappa shape index (κ1) is 11.9. The van der Waals surface area contributed by atoms with Crippen molar-refractivity contribution in [3.05, 3.63) is 21.9 Å². The van der Waals surface area contributed by atoms with Crippen molar-refractivity contribution >= 4 is 23.1 Å². The third kappa shape index (κ3) is 2.65. The number of carbonyl (C=O) groups is 2. The fourth-order valence-electron chi connectivity index (χ4n) is 1.40. The summed E-state index contributed by atoms with van der Waals surface area (Å²) >= 11 is 1.37. The molecule has 1 unspecified atom stereocenters. The minimum absolute atomic E-state index is 0.0333. The molecule has 0 aromatic carbocycles. The molecule has 1 atom stereocenters. The van der Waals surface area contributed by atoms with E-state index in [4.69, 9.17) is 4.74 Å². The van der Waals surface area contributed by atoms with Crippen LogP contribution in [-0.4, -0.2) is 18.9 Å². The van der Waals surface area contributed by atoms with E-state index < -0.39 is 0 Å². The Bertz CT molecular complexity index is 368. The van der Waals surface area contributed by atoms with E-state index in [2.05, 4.69) is 0 Å². The number of ether oxygens (including phenoxy) is 1. The van der Waals surface area contributed by atoms with E-state index in [1.165, 1.54) is 25.4 Å². The van der Waals surface area contributed by atoms with Crippen molar-refractivity contribution in [2.75, 3.05) is 7.11 Å². The molecule has 0 saturated heterocycles. The normalized spacial score (nSPS) is 12.2. The third-order valence-electron chi connectivity index (χ3n) is 2.26. The standard InChI is InChI=1S/C11H14O3S/c1-4-9(11(13)14-3)8-5-10(7(2)12)15-6-8/h5-6,9H,4H2,1-3H3. The number of methoxy groups -OCH3 is 1. The second-order valence-corrected chi connectivity index (χ2v) is 4.20. The molecule has 82 valence electrons. The van der Waals surface area contributed by atoms with Crippen LogP contribution in [0.15, 0.2) is 11.4 Å². The average Bonchev–Trinajstić information content (AvgIpc) is 2.68. The van der Waals surface area contributed by atoms with E-state index in [0.717, 1.165) is 5.56 Å². The van der Waals surface area contributed by atoms with Gasteiger partial charge in [-0.3, -0.25) is 9.59 Å². The summed E-state index contributed by atoms with van der Waals surface area (Å²) in [5.74, 6) is -0.462. The number of esters is 1. The lowest BCUT2D eigenvalue weighted by atomic mass is 9.99. The van der Waals surface area contributed by atoms with Crippen LogP contribution in [0.25, 0.3) is 0 Å². The molecule has 0 N–H and O–H groups in total. The maximum absolute atomic E-state index is 11.4. The molecular weight excluding hydrogens is 212 g/mol. The Balaban J connectivity index is 2.92. The molecule has 1 aromatic heterocycles. The van der Waals surface area contributed by atoms with Gasteiger partial charge < -0.3 is 4.74 Å². The summed E-state index contributed by atoms with van der Waals surface area (Å²) in [4.78, 5) is 23.2. The van der Waals surface area contributed by atoms with Gasteiger partial charge in [0.25, 0.3) is 0 Å². The van der Waals surface area contributed by atoms with E-state index in [1.54, 1.807) is 6.07 Å². The Morgan fingerprint density at radius 3 is 2.60 bits per heavy atom. The number of carbonyl (C=O) groups excluding carboxylic acids is 2. The summed E-state index contributed by atoms with van der Waals surface area (Å²) in [6, 6.07) is 1.78. The summed E-state index contributed by atoms with van der Waals surface area (Å²) in [5, 5.41) is 1.85. The lowest BCUT2D eigenvalue weighted by Crippen LogP contribution is -2.12. The number of ketones is 1. The summed E-state index contributed by atoms with van der Waals surface area (Å²) in [5.41, 5.74) is 0.875. The number of thiophene rings is 1. The smallest absolute Gasteiger partial charge is 0.313 e. The van der Waals surface area contributed by atoms with E-state index in [1.807, 2.05) is 12.3 Å². The van der Waals surface area contributed by atoms with E-state index in [9.17, 15) is 9.59 Å². The second-order valence-electron chi connectivity index (χ2n) is 3.28. The maximum Gasteiger partial charge on any atom is 0.313 e. The third-order valence-corrected chi connectivity index (χ3v) is 3.31. The Morgan fingerprint density at radius 2 is 2.20 bits per heavy atom. The van der Waals surface area contributed by atoms with Crippen LogP contribution in [0, 0.1) is 0 Å². The van der Waals surface area contributed by atoms with E-state index >= 15 is 0 Å². The Kier molecular flexibility index (Phi) is 4.03. The van der Waals surface area contributed by atoms with Crippen LogP contribution in [0.2, 0.25) is 0 Å². The lowest BCUT2D eigenvalue weighted by molar-refractivity contribution is -0.142. The number of Topliss-reactive ketones (excluding diaryl/α,β-unsaturated/α-hetero) is 1. The number of hydrogen-bond donors (Lipinski definition) is 0. The van der Waals surface area contributed by atoms with Crippen LogP contribution in [0.5, 0.6) is 0 Å². The van der Waals surface area contributed by atoms with Gasteiger partial charge in [-0.25, -0.2) is 0 Å². The van der Waals surface area contributed by atoms with Gasteiger partial charge in [0.1, 0.15) is 0 Å². The van der Waals surface area contributed by atoms with Crippen LogP contribution in [0.3, 0.4) is 0 Å². The molecule has 0 radical (unpaired) electrons. The van der Waals surface area contributed by atoms with Gasteiger partial charge in [0, 0.05) is 0 Å². The highest BCUT2D eigenvalue weighted by Gasteiger charge is 2.21. The highest BCUT2D eigenvalue weighted by atomic mass is 32.1. The van der Waals surface area contributed by atoms with Crippen molar-refractivity contribution in [2.45, 2.75) is 26.2 Å². The quantitative estimate of drug-likeness (QED) is 0.585. The van der Waals surface area contributed by atoms with Crippen LogP contribution < -0.4 is 0 Å². The molecule has 4 heteroatoms. The fourth-order valence-corrected chi connectivity index (χ4v) is 2.26. The lowest BCUT2D eigenvalue weighted by Gasteiger charge is -2.09. The summed E-state index contributed by atoms with van der Waals surface area (Å²) in [7, 11) is 1.38. The van der Waals surface area contributed by atoms with Crippen LogP contribution in [0.1, 0.15) is 41.4 Å². The molecule has 1 aromatic rings. The first-order valence-electron chi connectivity index (χ1n) is 4.77. The Labute approximate surface area is 93.1 Å². The van der Waals surface area contributed by atoms with Gasteiger partial charge in [0.05, 0.1) is 17.9 Å². The van der Waals surface area contributed by atoms with Crippen molar-refractivity contribution in [3.63, 3.8) is 0 Å². The molecule has 0 aliphatic heterocycles. The topological polar surface area (TPSA) is 43.4 Å². The Morgan fingerprint density at radius 1 is 1.53 bits per heavy atom. The SMILES string of the molecule is CCC(C(=O)OC)c1csc(C(C)=O)c1. The number of hydrogen-bond acceptors (Lipinski definition) is 4. The number of rotatable bonds is 4. The highest BCUT2D eigenvalue weighted by molar-refractivity contribution is 7.12. The average molecular weight is 226 g/mol. The molecule has 0 aliphatic carbocycles. The van der Waals surface area contributed by atoms with Gasteiger partial charge in [-0.05, 0) is 30.4 Å². The first-order chi connectivity index (χ1) is 7.10. The predicted octanol–water partition coefficient (Wildman–Crippen LogP) is 2.62. The minimum Gasteiger partial charge on any atom is -0.469 e. The second kappa shape index (κ2) is 5.07. The summed E-state index contributed by atoms with van der Waals surface area (Å²) < 4.78 is 4.71. The van der Waals surface area contributed by atoms with Gasteiger partial charge in [-0.1, -0.05) is 6.92 Å². The van der Waals surface area contributed by atoms with Gasteiger partial charge in [0.2, 0.25) is 0 Å². The molecule has 0 aliphatic rings. The zero-order valence-electron chi connectivity index (χ0n) is 9.07. The van der Waals surface area contributed by atoms with Crippen molar-refractivity contribution in [1.29, 1.82) is 0 Å². The zero-order valence-corrected chi connectivity index (χ0v) is 9.89. The van der Waals surface area contributed by atoms with Crippen molar-refractivity contribution < 1.29 is 14.3 Å². The molecule has 0 amide bonds. The van der Waals surface area contributed by atoms with Crippen LogP contribution >= 0.6 is 11.3 Å². The van der Waals surface area contributed by atoms with E-state index in [-0.39, 0.29) is 17.7 Å². The van der Waals surface area contributed by atoms with Gasteiger partial charge in [0.15, 0.2) is 5.78 Å². The Hall–Kier alpha value is -1.16. The predicted molar refractivity (Wildman–Crippen MR) is 59.4 cm³/mol. The van der Waals surface area contributed by atoms with Crippen LogP contribution in [0.4, 0.5) is 0 Å². The molecule has 1 rings (SSSR count). The fraction of sp³-hybridized carbons (Fsp3) is 0.455. The van der Waals surface area contributed by atoms with Gasteiger partial charge in [-0.15, -0.1) is 11.3 Å². The van der Waals surface area contributed by atoms with Gasteiger partial charge >= 0.3 is 5.97 Å². The molecule has 3 nitrogen and oxygen atoms in total. The van der Waals surface area contributed by atoms with Crippen LogP contribution in [-0.2, 0) is 9.53 Å². The minimum atomic E-state index is -0.251. The molecule has 0 saturated carbocycles. The molecular formula is C11H14O3S. The van der Waals surface area contributed by atoms with Gasteiger partial charge in [-0.2, -0.15) is 0 Å². The highest BCUT2D eigenvalue weighted by Crippen LogP contribution is 2.26. The summed E-state index contributed by atoms with van der Waals surface area (Å²) in [6.07, 6.45) is 0.681. The molecule has 15 heavy (non-hydrogen) atoms. The molecule has 0 bridgehead atoms. The molecule has 1 heterocycles. The molecule has 0 spiro atoms. The summed E-state index contributed by atoms with van der Waals surface area (Å²) in [6.45, 7) is 3.45. The van der Waals surface area contributed by atoms with Crippen molar-refractivity contribution in [3.8, 4) is 0 Å². The zero-order chi connectivity index (χ0) is 11.4. The van der Waals surface area contributed by atoms with Crippen molar-refractivity contribution in [2.24, 2.45) is 0 Å². The van der Waals surface area contributed by atoms with Crippen molar-refractivity contribution in [1.82, 2.24) is 0 Å². The largest absolute Gasteiger partial charge is 0.469 e. The molecule has 0 fully saturated rings. The monoisotopic (exact) mass is 226 g/mol.